The number of hydrogen-bond donors (Lipinski definition) is 4. The number of carbonyl (C=O) groups is 2. The summed E-state index contributed by atoms with van der Waals surface area (Å²) in [6.45, 7) is 2.74. The molecule has 4 rings (SSSR count). The first-order valence-electron chi connectivity index (χ1n) is 11.1. The lowest BCUT2D eigenvalue weighted by Gasteiger charge is -2.17. The van der Waals surface area contributed by atoms with Crippen LogP contribution in [0.2, 0.25) is 0 Å². The number of fused-ring (bicyclic) bond motifs is 1. The highest BCUT2D eigenvalue weighted by atomic mass is 19.4. The number of rotatable bonds is 8. The fourth-order valence-electron chi connectivity index (χ4n) is 3.65. The van der Waals surface area contributed by atoms with E-state index in [0.717, 1.165) is 6.42 Å². The molecule has 3 aromatic rings. The molecule has 2 aromatic carbocycles. The summed E-state index contributed by atoms with van der Waals surface area (Å²) in [5.41, 5.74) is 0.723. The molecule has 4 N–H and O–H groups in total. The Morgan fingerprint density at radius 1 is 1.17 bits per heavy atom. The Labute approximate surface area is 204 Å². The van der Waals surface area contributed by atoms with Crippen LogP contribution in [0.3, 0.4) is 0 Å². The minimum atomic E-state index is -4.74. The van der Waals surface area contributed by atoms with Gasteiger partial charge in [0.2, 0.25) is 5.95 Å². The van der Waals surface area contributed by atoms with Gasteiger partial charge >= 0.3 is 6.18 Å². The molecular weight excluding hydrogens is 477 g/mol. The van der Waals surface area contributed by atoms with Crippen LogP contribution < -0.4 is 26.0 Å². The van der Waals surface area contributed by atoms with Crippen LogP contribution in [-0.4, -0.2) is 35.4 Å². The molecule has 0 aliphatic carbocycles. The van der Waals surface area contributed by atoms with Crippen LogP contribution in [0.1, 0.15) is 45.2 Å². The van der Waals surface area contributed by atoms with Crippen molar-refractivity contribution in [1.29, 1.82) is 0 Å². The maximum Gasteiger partial charge on any atom is 0.421 e. The minimum absolute atomic E-state index is 0.149. The van der Waals surface area contributed by atoms with Crippen molar-refractivity contribution in [3.8, 4) is 5.75 Å². The monoisotopic (exact) mass is 500 g/mol. The fourth-order valence-corrected chi connectivity index (χ4v) is 3.65. The second-order valence-corrected chi connectivity index (χ2v) is 7.90. The molecule has 0 radical (unpaired) electrons. The first-order valence-corrected chi connectivity index (χ1v) is 11.1. The number of hydrogen-bond acceptors (Lipinski definition) is 7. The number of halogens is 3. The Bertz CT molecular complexity index is 1310. The Morgan fingerprint density at radius 3 is 2.69 bits per heavy atom. The van der Waals surface area contributed by atoms with Gasteiger partial charge in [-0.2, -0.15) is 18.2 Å². The average Bonchev–Trinajstić information content (AvgIpc) is 3.24. The number of benzene rings is 2. The predicted octanol–water partition coefficient (Wildman–Crippen LogP) is 4.37. The number of anilines is 4. The van der Waals surface area contributed by atoms with Crippen LogP contribution in [0.15, 0.2) is 42.6 Å². The van der Waals surface area contributed by atoms with Crippen molar-refractivity contribution in [2.75, 3.05) is 24.3 Å². The average molecular weight is 500 g/mol. The smallest absolute Gasteiger partial charge is 0.421 e. The maximum atomic E-state index is 13.7. The van der Waals surface area contributed by atoms with Crippen molar-refractivity contribution >= 4 is 35.0 Å². The molecule has 1 aromatic heterocycles. The highest BCUT2D eigenvalue weighted by Crippen LogP contribution is 2.37. The quantitative estimate of drug-likeness (QED) is 0.363. The number of carbonyl (C=O) groups excluding carboxylic acids is 2. The summed E-state index contributed by atoms with van der Waals surface area (Å²) in [7, 11) is 1.40. The first kappa shape index (κ1) is 24.8. The Kier molecular flexibility index (Phi) is 6.95. The van der Waals surface area contributed by atoms with Gasteiger partial charge in [0, 0.05) is 24.8 Å². The van der Waals surface area contributed by atoms with Gasteiger partial charge in [0.05, 0.1) is 24.0 Å². The van der Waals surface area contributed by atoms with Gasteiger partial charge in [0.15, 0.2) is 0 Å². The van der Waals surface area contributed by atoms with E-state index in [4.69, 9.17) is 4.74 Å². The lowest BCUT2D eigenvalue weighted by Crippen LogP contribution is -2.23. The van der Waals surface area contributed by atoms with Crippen LogP contribution in [0.4, 0.5) is 36.3 Å². The van der Waals surface area contributed by atoms with Crippen molar-refractivity contribution in [2.45, 2.75) is 26.1 Å². The van der Waals surface area contributed by atoms with Gasteiger partial charge in [0.1, 0.15) is 17.1 Å². The van der Waals surface area contributed by atoms with Crippen molar-refractivity contribution in [3.05, 3.63) is 64.8 Å². The van der Waals surface area contributed by atoms with Crippen LogP contribution in [0, 0.1) is 0 Å². The van der Waals surface area contributed by atoms with Crippen LogP contribution in [-0.2, 0) is 12.7 Å². The molecule has 12 heteroatoms. The molecule has 36 heavy (non-hydrogen) atoms. The summed E-state index contributed by atoms with van der Waals surface area (Å²) >= 11 is 0. The standard InChI is InChI=1S/C24H23F3N6O3/c1-3-9-28-21(34)13-7-8-16(18(10-13)36-2)32-23-30-12-15(24(25,26)27)20(33-23)31-17-6-4-5-14-11-29-22(35)19(14)17/h4-8,10,12H,3,9,11H2,1-2H3,(H,28,34)(H,29,35)(H2,30,31,32,33). The molecule has 0 unspecified atom stereocenters. The third kappa shape index (κ3) is 5.16. The second-order valence-electron chi connectivity index (χ2n) is 7.90. The molecule has 2 heterocycles. The summed E-state index contributed by atoms with van der Waals surface area (Å²) < 4.78 is 46.5. The third-order valence-corrected chi connectivity index (χ3v) is 5.41. The molecule has 0 saturated carbocycles. The normalized spacial score (nSPS) is 12.5. The minimum Gasteiger partial charge on any atom is -0.495 e. The fraction of sp³-hybridized carbons (Fsp3) is 0.250. The molecule has 9 nitrogen and oxygen atoms in total. The predicted molar refractivity (Wildman–Crippen MR) is 127 cm³/mol. The zero-order valence-electron chi connectivity index (χ0n) is 19.4. The third-order valence-electron chi connectivity index (χ3n) is 5.41. The Morgan fingerprint density at radius 2 is 1.97 bits per heavy atom. The van der Waals surface area contributed by atoms with Gasteiger partial charge in [-0.05, 0) is 36.2 Å². The number of methoxy groups -OCH3 is 1. The number of amides is 2. The zero-order chi connectivity index (χ0) is 25.9. The van der Waals surface area contributed by atoms with E-state index in [1.54, 1.807) is 24.3 Å². The summed E-state index contributed by atoms with van der Waals surface area (Å²) in [5, 5.41) is 10.9. The molecule has 0 bridgehead atoms. The zero-order valence-corrected chi connectivity index (χ0v) is 19.4. The Hall–Kier alpha value is -4.35. The molecule has 1 aliphatic rings. The molecule has 0 saturated heterocycles. The highest BCUT2D eigenvalue weighted by molar-refractivity contribution is 6.04. The number of nitrogens with one attached hydrogen (secondary N) is 4. The molecule has 2 amide bonds. The van der Waals surface area contributed by atoms with Crippen LogP contribution >= 0.6 is 0 Å². The number of aromatic nitrogens is 2. The molecule has 0 atom stereocenters. The van der Waals surface area contributed by atoms with E-state index in [1.807, 2.05) is 6.92 Å². The summed E-state index contributed by atoms with van der Waals surface area (Å²) in [6.07, 6.45) is -3.31. The molecule has 0 fully saturated rings. The summed E-state index contributed by atoms with van der Waals surface area (Å²) in [4.78, 5) is 32.3. The summed E-state index contributed by atoms with van der Waals surface area (Å²) in [5.74, 6) is -1.07. The highest BCUT2D eigenvalue weighted by Gasteiger charge is 2.36. The van der Waals surface area contributed by atoms with E-state index in [0.29, 0.717) is 36.1 Å². The number of nitrogens with zero attached hydrogens (tertiary/aromatic N) is 2. The van der Waals surface area contributed by atoms with Crippen molar-refractivity contribution in [1.82, 2.24) is 20.6 Å². The van der Waals surface area contributed by atoms with Crippen LogP contribution in [0.25, 0.3) is 0 Å². The van der Waals surface area contributed by atoms with E-state index < -0.39 is 17.6 Å². The second kappa shape index (κ2) is 10.1. The van der Waals surface area contributed by atoms with Crippen molar-refractivity contribution in [2.24, 2.45) is 0 Å². The van der Waals surface area contributed by atoms with Gasteiger partial charge in [-0.1, -0.05) is 19.1 Å². The van der Waals surface area contributed by atoms with Crippen molar-refractivity contribution < 1.29 is 27.5 Å². The van der Waals surface area contributed by atoms with E-state index in [2.05, 4.69) is 31.2 Å². The van der Waals surface area contributed by atoms with E-state index >= 15 is 0 Å². The van der Waals surface area contributed by atoms with Gasteiger partial charge in [-0.25, -0.2) is 4.98 Å². The van der Waals surface area contributed by atoms with Gasteiger partial charge in [-0.15, -0.1) is 0 Å². The first-order chi connectivity index (χ1) is 17.2. The van der Waals surface area contributed by atoms with Gasteiger partial charge in [-0.3, -0.25) is 9.59 Å². The van der Waals surface area contributed by atoms with Crippen LogP contribution in [0.5, 0.6) is 5.75 Å². The SMILES string of the molecule is CCCNC(=O)c1ccc(Nc2ncc(C(F)(F)F)c(Nc3cccc4c3C(=O)NC4)n2)c(OC)c1. The molecule has 0 spiro atoms. The largest absolute Gasteiger partial charge is 0.495 e. The molecule has 1 aliphatic heterocycles. The molecular formula is C24H23F3N6O3. The van der Waals surface area contributed by atoms with E-state index in [9.17, 15) is 22.8 Å². The van der Waals surface area contributed by atoms with E-state index in [-0.39, 0.29) is 34.8 Å². The molecule has 188 valence electrons. The number of ether oxygens (including phenoxy) is 1. The maximum absolute atomic E-state index is 13.7. The van der Waals surface area contributed by atoms with Gasteiger partial charge in [0.25, 0.3) is 11.8 Å². The van der Waals surface area contributed by atoms with Gasteiger partial charge < -0.3 is 26.0 Å². The topological polar surface area (TPSA) is 117 Å². The lowest BCUT2D eigenvalue weighted by molar-refractivity contribution is -0.137. The number of alkyl halides is 3. The lowest BCUT2D eigenvalue weighted by atomic mass is 10.1. The summed E-state index contributed by atoms with van der Waals surface area (Å²) in [6, 6.07) is 9.45. The van der Waals surface area contributed by atoms with Crippen molar-refractivity contribution in [3.63, 3.8) is 0 Å². The van der Waals surface area contributed by atoms with E-state index in [1.165, 1.54) is 19.2 Å². The Balaban J connectivity index is 1.66.